The molecule has 19 heavy (non-hydrogen) atoms. The fraction of sp³-hybridized carbons (Fsp3) is 0.385. The summed E-state index contributed by atoms with van der Waals surface area (Å²) >= 11 is 0. The highest BCUT2D eigenvalue weighted by Gasteiger charge is 2.07. The molecule has 0 aromatic carbocycles. The minimum Gasteiger partial charge on any atom is -0.463 e. The fourth-order valence-electron chi connectivity index (χ4n) is 1.53. The third kappa shape index (κ3) is 3.87. The van der Waals surface area contributed by atoms with Crippen molar-refractivity contribution in [1.82, 2.24) is 19.9 Å². The molecule has 0 saturated heterocycles. The molecule has 0 amide bonds. The normalized spacial score (nSPS) is 10.2. The summed E-state index contributed by atoms with van der Waals surface area (Å²) in [6, 6.07) is 4.24. The smallest absolute Gasteiger partial charge is 0.321 e. The maximum atomic E-state index is 5.46. The summed E-state index contributed by atoms with van der Waals surface area (Å²) in [7, 11) is 1.77. The summed E-state index contributed by atoms with van der Waals surface area (Å²) in [5.41, 5.74) is 1.05. The number of ether oxygens (including phenoxy) is 1. The first kappa shape index (κ1) is 13.2. The topological polar surface area (TPSA) is 72.8 Å². The molecular weight excluding hydrogens is 242 g/mol. The quantitative estimate of drug-likeness (QED) is 0.851. The molecule has 1 N–H and O–H groups in total. The molecule has 0 fully saturated rings. The van der Waals surface area contributed by atoms with Crippen LogP contribution in [-0.4, -0.2) is 33.6 Å². The third-order valence-corrected chi connectivity index (χ3v) is 2.41. The molecule has 0 atom stereocenters. The van der Waals surface area contributed by atoms with Crippen LogP contribution in [0.5, 0.6) is 6.01 Å². The number of hydrogen-bond donors (Lipinski definition) is 1. The summed E-state index contributed by atoms with van der Waals surface area (Å²) in [5.74, 6) is 1.18. The lowest BCUT2D eigenvalue weighted by Gasteiger charge is -2.07. The molecule has 0 bridgehead atoms. The van der Waals surface area contributed by atoms with Crippen molar-refractivity contribution in [2.24, 2.45) is 0 Å². The highest BCUT2D eigenvalue weighted by Crippen LogP contribution is 2.11. The molecule has 100 valence electrons. The van der Waals surface area contributed by atoms with Gasteiger partial charge < -0.3 is 10.1 Å². The Morgan fingerprint density at radius 1 is 1.26 bits per heavy atom. The Morgan fingerprint density at radius 3 is 2.84 bits per heavy atom. The van der Waals surface area contributed by atoms with Crippen molar-refractivity contribution in [2.75, 3.05) is 19.0 Å². The minimum absolute atomic E-state index is 0.361. The number of anilines is 1. The second-order valence-electron chi connectivity index (χ2n) is 3.99. The molecule has 6 nitrogen and oxygen atoms in total. The zero-order valence-corrected chi connectivity index (χ0v) is 11.1. The van der Waals surface area contributed by atoms with E-state index in [1.54, 1.807) is 19.4 Å². The van der Waals surface area contributed by atoms with Gasteiger partial charge in [0.1, 0.15) is 5.82 Å². The minimum atomic E-state index is 0.361. The summed E-state index contributed by atoms with van der Waals surface area (Å²) in [6.07, 6.45) is 5.06. The van der Waals surface area contributed by atoms with Crippen molar-refractivity contribution in [3.63, 3.8) is 0 Å². The first-order valence-corrected chi connectivity index (χ1v) is 6.26. The number of rotatable bonds is 6. The number of hydrogen-bond acceptors (Lipinski definition) is 6. The van der Waals surface area contributed by atoms with E-state index in [1.165, 1.54) is 0 Å². The van der Waals surface area contributed by atoms with Gasteiger partial charge >= 0.3 is 6.01 Å². The second kappa shape index (κ2) is 6.63. The van der Waals surface area contributed by atoms with E-state index < -0.39 is 0 Å². The fourth-order valence-corrected chi connectivity index (χ4v) is 1.53. The van der Waals surface area contributed by atoms with E-state index >= 15 is 0 Å². The van der Waals surface area contributed by atoms with Gasteiger partial charge in [-0.25, -0.2) is 0 Å². The van der Waals surface area contributed by atoms with E-state index in [2.05, 4.69) is 25.3 Å². The van der Waals surface area contributed by atoms with Gasteiger partial charge in [-0.05, 0) is 18.1 Å². The molecule has 2 aromatic heterocycles. The van der Waals surface area contributed by atoms with E-state index in [9.17, 15) is 0 Å². The van der Waals surface area contributed by atoms with Crippen molar-refractivity contribution in [2.45, 2.75) is 19.8 Å². The Kier molecular flexibility index (Phi) is 4.60. The standard InChI is InChI=1S/C13H17N5O/c1-3-7-19-13-17-11(16-12(14-2)18-13)8-10-5-4-6-15-9-10/h4-6,9H,3,7-8H2,1-2H3,(H,14,16,17,18). The molecule has 2 aromatic rings. The van der Waals surface area contributed by atoms with Crippen LogP contribution in [0.3, 0.4) is 0 Å². The maximum absolute atomic E-state index is 5.46. The van der Waals surface area contributed by atoms with Gasteiger partial charge in [0.2, 0.25) is 5.95 Å². The van der Waals surface area contributed by atoms with Crippen LogP contribution in [0.15, 0.2) is 24.5 Å². The first-order valence-electron chi connectivity index (χ1n) is 6.26. The largest absolute Gasteiger partial charge is 0.463 e. The molecule has 0 aliphatic carbocycles. The Bertz CT molecular complexity index is 518. The van der Waals surface area contributed by atoms with E-state index in [0.717, 1.165) is 12.0 Å². The Balaban J connectivity index is 2.19. The molecule has 0 spiro atoms. The van der Waals surface area contributed by atoms with Crippen molar-refractivity contribution in [3.05, 3.63) is 35.9 Å². The number of aromatic nitrogens is 4. The van der Waals surface area contributed by atoms with Crippen LogP contribution in [-0.2, 0) is 6.42 Å². The van der Waals surface area contributed by atoms with Gasteiger partial charge in [0, 0.05) is 25.9 Å². The molecule has 2 heterocycles. The van der Waals surface area contributed by atoms with Gasteiger partial charge in [-0.2, -0.15) is 15.0 Å². The highest BCUT2D eigenvalue weighted by molar-refractivity contribution is 5.26. The predicted molar refractivity (Wildman–Crippen MR) is 72.2 cm³/mol. The van der Waals surface area contributed by atoms with E-state index in [4.69, 9.17) is 4.74 Å². The van der Waals surface area contributed by atoms with Crippen LogP contribution in [0.4, 0.5) is 5.95 Å². The van der Waals surface area contributed by atoms with Crippen LogP contribution in [0.25, 0.3) is 0 Å². The van der Waals surface area contributed by atoms with E-state index in [-0.39, 0.29) is 0 Å². The Labute approximate surface area is 112 Å². The predicted octanol–water partition coefficient (Wildman–Crippen LogP) is 1.69. The highest BCUT2D eigenvalue weighted by atomic mass is 16.5. The third-order valence-electron chi connectivity index (χ3n) is 2.41. The van der Waals surface area contributed by atoms with Crippen molar-refractivity contribution >= 4 is 5.95 Å². The molecule has 0 unspecified atom stereocenters. The first-order chi connectivity index (χ1) is 9.31. The molecule has 0 radical (unpaired) electrons. The van der Waals surface area contributed by atoms with Crippen LogP contribution >= 0.6 is 0 Å². The van der Waals surface area contributed by atoms with Crippen LogP contribution < -0.4 is 10.1 Å². The molecule has 6 heteroatoms. The van der Waals surface area contributed by atoms with E-state index in [0.29, 0.717) is 30.8 Å². The SMILES string of the molecule is CCCOc1nc(Cc2cccnc2)nc(NC)n1. The molecule has 2 rings (SSSR count). The Morgan fingerprint density at radius 2 is 2.16 bits per heavy atom. The monoisotopic (exact) mass is 259 g/mol. The average Bonchev–Trinajstić information content (AvgIpc) is 2.46. The van der Waals surface area contributed by atoms with Crippen molar-refractivity contribution in [3.8, 4) is 6.01 Å². The summed E-state index contributed by atoms with van der Waals surface area (Å²) in [4.78, 5) is 16.9. The van der Waals surface area contributed by atoms with Gasteiger partial charge in [0.05, 0.1) is 6.61 Å². The average molecular weight is 259 g/mol. The summed E-state index contributed by atoms with van der Waals surface area (Å²) in [6.45, 7) is 2.64. The molecule has 0 saturated carbocycles. The number of nitrogens with zero attached hydrogens (tertiary/aromatic N) is 4. The summed E-state index contributed by atoms with van der Waals surface area (Å²) in [5, 5.41) is 2.91. The second-order valence-corrected chi connectivity index (χ2v) is 3.99. The van der Waals surface area contributed by atoms with Crippen LogP contribution in [0, 0.1) is 0 Å². The molecule has 0 aliphatic heterocycles. The van der Waals surface area contributed by atoms with Gasteiger partial charge in [0.15, 0.2) is 0 Å². The lowest BCUT2D eigenvalue weighted by Crippen LogP contribution is -2.08. The number of pyridine rings is 1. The van der Waals surface area contributed by atoms with Gasteiger partial charge in [0.25, 0.3) is 0 Å². The van der Waals surface area contributed by atoms with Gasteiger partial charge in [-0.15, -0.1) is 0 Å². The lowest BCUT2D eigenvalue weighted by atomic mass is 10.2. The number of nitrogens with one attached hydrogen (secondary N) is 1. The van der Waals surface area contributed by atoms with E-state index in [1.807, 2.05) is 19.1 Å². The Hall–Kier alpha value is -2.24. The molecular formula is C13H17N5O. The van der Waals surface area contributed by atoms with Crippen LogP contribution in [0.1, 0.15) is 24.7 Å². The van der Waals surface area contributed by atoms with Crippen LogP contribution in [0.2, 0.25) is 0 Å². The summed E-state index contributed by atoms with van der Waals surface area (Å²) < 4.78 is 5.46. The van der Waals surface area contributed by atoms with Gasteiger partial charge in [-0.3, -0.25) is 4.98 Å². The van der Waals surface area contributed by atoms with Crippen molar-refractivity contribution < 1.29 is 4.74 Å². The van der Waals surface area contributed by atoms with Crippen molar-refractivity contribution in [1.29, 1.82) is 0 Å². The van der Waals surface area contributed by atoms with Gasteiger partial charge in [-0.1, -0.05) is 13.0 Å². The zero-order valence-electron chi connectivity index (χ0n) is 11.1. The lowest BCUT2D eigenvalue weighted by molar-refractivity contribution is 0.290. The molecule has 0 aliphatic rings. The zero-order chi connectivity index (χ0) is 13.5. The maximum Gasteiger partial charge on any atom is 0.321 e.